The van der Waals surface area contributed by atoms with Gasteiger partial charge in [-0.2, -0.15) is 0 Å². The zero-order chi connectivity index (χ0) is 17.0. The number of anilines is 1. The van der Waals surface area contributed by atoms with Crippen LogP contribution in [0.5, 0.6) is 0 Å². The number of piperazine rings is 1. The lowest BCUT2D eigenvalue weighted by Crippen LogP contribution is -2.54. The van der Waals surface area contributed by atoms with E-state index >= 15 is 0 Å². The summed E-state index contributed by atoms with van der Waals surface area (Å²) < 4.78 is 13.0. The topological polar surface area (TPSA) is 64.1 Å². The normalized spacial score (nSPS) is 16.5. The Balaban J connectivity index is 1.89. The Hall–Kier alpha value is -2.15. The highest BCUT2D eigenvalue weighted by molar-refractivity contribution is 5.82. The van der Waals surface area contributed by atoms with Crippen molar-refractivity contribution in [3.63, 3.8) is 0 Å². The van der Waals surface area contributed by atoms with Gasteiger partial charge in [0.1, 0.15) is 5.82 Å². The van der Waals surface area contributed by atoms with E-state index in [2.05, 4.69) is 4.90 Å². The standard InChI is InChI=1S/C16H22FN3O3/c1-12(18(2)11-15(21)22)16(23)20-9-7-19(8-10-20)14-5-3-13(17)4-6-14/h3-6,12H,7-11H2,1-2H3,(H,21,22). The average molecular weight is 323 g/mol. The quantitative estimate of drug-likeness (QED) is 0.871. The van der Waals surface area contributed by atoms with Crippen molar-refractivity contribution >= 4 is 17.6 Å². The maximum Gasteiger partial charge on any atom is 0.317 e. The molecule has 0 bridgehead atoms. The molecule has 0 spiro atoms. The van der Waals surface area contributed by atoms with Gasteiger partial charge in [0.2, 0.25) is 5.91 Å². The number of amides is 1. The second kappa shape index (κ2) is 7.41. The van der Waals surface area contributed by atoms with E-state index in [9.17, 15) is 14.0 Å². The van der Waals surface area contributed by atoms with Crippen LogP contribution in [0.2, 0.25) is 0 Å². The number of halogens is 1. The first-order valence-electron chi connectivity index (χ1n) is 7.60. The number of likely N-dealkylation sites (N-methyl/N-ethyl adjacent to an activating group) is 1. The van der Waals surface area contributed by atoms with Crippen LogP contribution in [0.1, 0.15) is 6.92 Å². The summed E-state index contributed by atoms with van der Waals surface area (Å²) in [6, 6.07) is 5.85. The minimum absolute atomic E-state index is 0.0625. The molecule has 1 unspecified atom stereocenters. The Morgan fingerprint density at radius 2 is 1.78 bits per heavy atom. The van der Waals surface area contributed by atoms with E-state index < -0.39 is 12.0 Å². The molecule has 1 N–H and O–H groups in total. The molecule has 1 saturated heterocycles. The minimum atomic E-state index is -0.951. The number of carbonyl (C=O) groups is 2. The summed E-state index contributed by atoms with van der Waals surface area (Å²) in [7, 11) is 1.63. The van der Waals surface area contributed by atoms with E-state index in [0.29, 0.717) is 26.2 Å². The Morgan fingerprint density at radius 1 is 1.22 bits per heavy atom. The van der Waals surface area contributed by atoms with E-state index in [-0.39, 0.29) is 18.3 Å². The summed E-state index contributed by atoms with van der Waals surface area (Å²) in [6.07, 6.45) is 0. The molecule has 23 heavy (non-hydrogen) atoms. The zero-order valence-corrected chi connectivity index (χ0v) is 13.4. The van der Waals surface area contributed by atoms with E-state index in [1.165, 1.54) is 17.0 Å². The molecule has 1 amide bonds. The molecule has 0 saturated carbocycles. The van der Waals surface area contributed by atoms with Gasteiger partial charge < -0.3 is 14.9 Å². The lowest BCUT2D eigenvalue weighted by atomic mass is 10.2. The summed E-state index contributed by atoms with van der Waals surface area (Å²) in [5.74, 6) is -1.28. The Kier molecular flexibility index (Phi) is 5.54. The Morgan fingerprint density at radius 3 is 2.30 bits per heavy atom. The van der Waals surface area contributed by atoms with Gasteiger partial charge in [0.25, 0.3) is 0 Å². The summed E-state index contributed by atoms with van der Waals surface area (Å²) in [5, 5.41) is 8.81. The fourth-order valence-electron chi connectivity index (χ4n) is 2.64. The van der Waals surface area contributed by atoms with Crippen molar-refractivity contribution in [2.24, 2.45) is 0 Å². The number of carbonyl (C=O) groups excluding carboxylic acids is 1. The molecule has 0 aliphatic carbocycles. The number of nitrogens with zero attached hydrogens (tertiary/aromatic N) is 3. The van der Waals surface area contributed by atoms with Gasteiger partial charge in [-0.1, -0.05) is 0 Å². The second-order valence-electron chi connectivity index (χ2n) is 5.77. The van der Waals surface area contributed by atoms with Gasteiger partial charge in [0.05, 0.1) is 12.6 Å². The van der Waals surface area contributed by atoms with Crippen molar-refractivity contribution in [2.45, 2.75) is 13.0 Å². The van der Waals surface area contributed by atoms with Crippen molar-refractivity contribution in [1.82, 2.24) is 9.80 Å². The molecule has 0 aromatic heterocycles. The molecule has 2 rings (SSSR count). The van der Waals surface area contributed by atoms with Gasteiger partial charge in [-0.15, -0.1) is 0 Å². The third kappa shape index (κ3) is 4.41. The lowest BCUT2D eigenvalue weighted by molar-refractivity contribution is -0.141. The van der Waals surface area contributed by atoms with Crippen molar-refractivity contribution in [2.75, 3.05) is 44.7 Å². The molecule has 1 aromatic carbocycles. The first-order valence-corrected chi connectivity index (χ1v) is 7.60. The van der Waals surface area contributed by atoms with Crippen LogP contribution in [0.25, 0.3) is 0 Å². The number of carboxylic acids is 1. The highest BCUT2D eigenvalue weighted by Gasteiger charge is 2.27. The van der Waals surface area contributed by atoms with Crippen molar-refractivity contribution in [1.29, 1.82) is 0 Å². The van der Waals surface area contributed by atoms with Gasteiger partial charge >= 0.3 is 5.97 Å². The molecular formula is C16H22FN3O3. The lowest BCUT2D eigenvalue weighted by Gasteiger charge is -2.38. The Bertz CT molecular complexity index is 556. The predicted octanol–water partition coefficient (Wildman–Crippen LogP) is 0.879. The van der Waals surface area contributed by atoms with Crippen molar-refractivity contribution in [3.8, 4) is 0 Å². The molecule has 126 valence electrons. The van der Waals surface area contributed by atoms with Crippen LogP contribution in [0.15, 0.2) is 24.3 Å². The summed E-state index contributed by atoms with van der Waals surface area (Å²) >= 11 is 0. The number of benzene rings is 1. The summed E-state index contributed by atoms with van der Waals surface area (Å²) in [5.41, 5.74) is 0.939. The fourth-order valence-corrected chi connectivity index (χ4v) is 2.64. The number of carboxylic acid groups (broad SMARTS) is 1. The number of hydrogen-bond donors (Lipinski definition) is 1. The van der Waals surface area contributed by atoms with Crippen molar-refractivity contribution in [3.05, 3.63) is 30.1 Å². The van der Waals surface area contributed by atoms with E-state index in [1.807, 2.05) is 0 Å². The number of hydrogen-bond acceptors (Lipinski definition) is 4. The molecular weight excluding hydrogens is 301 g/mol. The number of rotatable bonds is 5. The van der Waals surface area contributed by atoms with Crippen LogP contribution >= 0.6 is 0 Å². The third-order valence-electron chi connectivity index (χ3n) is 4.19. The van der Waals surface area contributed by atoms with Gasteiger partial charge in [0, 0.05) is 31.9 Å². The van der Waals surface area contributed by atoms with Crippen LogP contribution in [0.3, 0.4) is 0 Å². The summed E-state index contributed by atoms with van der Waals surface area (Å²) in [4.78, 5) is 28.6. The fraction of sp³-hybridized carbons (Fsp3) is 0.500. The van der Waals surface area contributed by atoms with Crippen LogP contribution in [0, 0.1) is 5.82 Å². The van der Waals surface area contributed by atoms with Crippen molar-refractivity contribution < 1.29 is 19.1 Å². The van der Waals surface area contributed by atoms with Crippen LogP contribution in [-0.4, -0.2) is 72.6 Å². The number of aliphatic carboxylic acids is 1. The van der Waals surface area contributed by atoms with Gasteiger partial charge in [-0.3, -0.25) is 14.5 Å². The molecule has 1 atom stereocenters. The van der Waals surface area contributed by atoms with E-state index in [4.69, 9.17) is 5.11 Å². The van der Waals surface area contributed by atoms with Gasteiger partial charge in [-0.05, 0) is 38.2 Å². The zero-order valence-electron chi connectivity index (χ0n) is 13.4. The monoisotopic (exact) mass is 323 g/mol. The first kappa shape index (κ1) is 17.2. The molecule has 6 nitrogen and oxygen atoms in total. The van der Waals surface area contributed by atoms with E-state index in [0.717, 1.165) is 5.69 Å². The smallest absolute Gasteiger partial charge is 0.317 e. The predicted molar refractivity (Wildman–Crippen MR) is 84.9 cm³/mol. The van der Waals surface area contributed by atoms with Gasteiger partial charge in [-0.25, -0.2) is 4.39 Å². The minimum Gasteiger partial charge on any atom is -0.480 e. The third-order valence-corrected chi connectivity index (χ3v) is 4.19. The maximum absolute atomic E-state index is 13.0. The molecule has 0 radical (unpaired) electrons. The molecule has 1 fully saturated rings. The van der Waals surface area contributed by atoms with Crippen LogP contribution in [0.4, 0.5) is 10.1 Å². The summed E-state index contributed by atoms with van der Waals surface area (Å²) in [6.45, 7) is 4.04. The Labute approximate surface area is 135 Å². The highest BCUT2D eigenvalue weighted by Crippen LogP contribution is 2.17. The van der Waals surface area contributed by atoms with Crippen LogP contribution in [-0.2, 0) is 9.59 Å². The average Bonchev–Trinajstić information content (AvgIpc) is 2.53. The molecule has 1 heterocycles. The molecule has 1 aliphatic rings. The maximum atomic E-state index is 13.0. The van der Waals surface area contributed by atoms with Crippen LogP contribution < -0.4 is 4.90 Å². The van der Waals surface area contributed by atoms with E-state index in [1.54, 1.807) is 31.0 Å². The SMILES string of the molecule is CC(C(=O)N1CCN(c2ccc(F)cc2)CC1)N(C)CC(=O)O. The molecule has 1 aliphatic heterocycles. The largest absolute Gasteiger partial charge is 0.480 e. The highest BCUT2D eigenvalue weighted by atomic mass is 19.1. The molecule has 7 heteroatoms. The molecule has 1 aromatic rings. The van der Waals surface area contributed by atoms with Gasteiger partial charge in [0.15, 0.2) is 0 Å². The first-order chi connectivity index (χ1) is 10.9. The second-order valence-corrected chi connectivity index (χ2v) is 5.77.